The van der Waals surface area contributed by atoms with Gasteiger partial charge in [0.05, 0.1) is 5.75 Å². The summed E-state index contributed by atoms with van der Waals surface area (Å²) in [5.41, 5.74) is 2.45. The van der Waals surface area contributed by atoms with E-state index in [-0.39, 0.29) is 17.6 Å². The molecule has 3 aromatic rings. The van der Waals surface area contributed by atoms with E-state index in [4.69, 9.17) is 4.74 Å². The first-order chi connectivity index (χ1) is 14.1. The molecule has 0 aromatic heterocycles. The lowest BCUT2D eigenvalue weighted by Crippen LogP contribution is -2.42. The van der Waals surface area contributed by atoms with Crippen molar-refractivity contribution in [3.63, 3.8) is 0 Å². The van der Waals surface area contributed by atoms with Crippen molar-refractivity contribution in [2.45, 2.75) is 30.9 Å². The number of hydrogen-bond donors (Lipinski definition) is 0. The summed E-state index contributed by atoms with van der Waals surface area (Å²) in [7, 11) is 0. The van der Waals surface area contributed by atoms with Crippen LogP contribution in [0.2, 0.25) is 0 Å². The van der Waals surface area contributed by atoms with Gasteiger partial charge in [0.25, 0.3) is 5.91 Å². The largest absolute Gasteiger partial charge is 0.452 e. The first-order valence-corrected chi connectivity index (χ1v) is 10.8. The highest BCUT2D eigenvalue weighted by atomic mass is 32.2. The van der Waals surface area contributed by atoms with E-state index in [0.717, 1.165) is 22.3 Å². The van der Waals surface area contributed by atoms with Gasteiger partial charge in [0.2, 0.25) is 0 Å². The van der Waals surface area contributed by atoms with Crippen LogP contribution in [0.1, 0.15) is 18.1 Å². The van der Waals surface area contributed by atoms with Crippen LogP contribution in [0, 0.1) is 0 Å². The molecule has 1 heterocycles. The summed E-state index contributed by atoms with van der Waals surface area (Å²) in [5, 5.41) is 2.31. The second kappa shape index (κ2) is 8.70. The van der Waals surface area contributed by atoms with Gasteiger partial charge >= 0.3 is 5.97 Å². The molecule has 5 heteroatoms. The van der Waals surface area contributed by atoms with E-state index in [1.54, 1.807) is 11.8 Å². The Bertz CT molecular complexity index is 1050. The Morgan fingerprint density at radius 2 is 1.72 bits per heavy atom. The molecule has 0 N–H and O–H groups in total. The van der Waals surface area contributed by atoms with E-state index in [1.165, 1.54) is 22.7 Å². The number of ether oxygens (including phenoxy) is 1. The summed E-state index contributed by atoms with van der Waals surface area (Å²) in [6.45, 7) is 2.88. The minimum atomic E-state index is -0.773. The number of nitrogens with zero attached hydrogens (tertiary/aromatic N) is 1. The van der Waals surface area contributed by atoms with Gasteiger partial charge in [-0.2, -0.15) is 0 Å². The van der Waals surface area contributed by atoms with Crippen molar-refractivity contribution < 1.29 is 14.3 Å². The predicted molar refractivity (Wildman–Crippen MR) is 116 cm³/mol. The van der Waals surface area contributed by atoms with Crippen LogP contribution in [-0.2, 0) is 27.3 Å². The molecular weight excluding hydrogens is 382 g/mol. The average molecular weight is 406 g/mol. The minimum absolute atomic E-state index is 0.136. The lowest BCUT2D eigenvalue weighted by molar-refractivity contribution is -0.157. The van der Waals surface area contributed by atoms with Gasteiger partial charge in [-0.1, -0.05) is 54.6 Å². The third-order valence-electron chi connectivity index (χ3n) is 5.18. The van der Waals surface area contributed by atoms with Crippen molar-refractivity contribution in [3.05, 3.63) is 77.9 Å². The van der Waals surface area contributed by atoms with Crippen LogP contribution in [0.3, 0.4) is 0 Å². The quantitative estimate of drug-likeness (QED) is 0.465. The van der Waals surface area contributed by atoms with E-state index < -0.39 is 6.10 Å². The fraction of sp³-hybridized carbons (Fsp3) is 0.250. The highest BCUT2D eigenvalue weighted by Gasteiger charge is 2.26. The Hall–Kier alpha value is -2.79. The van der Waals surface area contributed by atoms with Crippen molar-refractivity contribution in [2.75, 3.05) is 12.3 Å². The SMILES string of the molecule is C[C@@H](OC(=O)CSc1ccc2ccccc2c1)C(=O)N1CCc2ccccc2C1. The molecule has 4 nitrogen and oxygen atoms in total. The molecule has 0 fully saturated rings. The zero-order valence-corrected chi connectivity index (χ0v) is 17.2. The Kier molecular flexibility index (Phi) is 5.86. The standard InChI is InChI=1S/C24H23NO3S/c1-17(24(27)25-13-12-19-7-3-5-9-21(19)15-25)28-23(26)16-29-22-11-10-18-6-2-4-8-20(18)14-22/h2-11,14,17H,12-13,15-16H2,1H3/t17-/m1/s1. The molecule has 148 valence electrons. The van der Waals surface area contributed by atoms with Gasteiger partial charge in [0, 0.05) is 18.0 Å². The normalized spacial score (nSPS) is 14.3. The van der Waals surface area contributed by atoms with Crippen molar-refractivity contribution >= 4 is 34.4 Å². The maximum Gasteiger partial charge on any atom is 0.317 e. The highest BCUT2D eigenvalue weighted by molar-refractivity contribution is 8.00. The van der Waals surface area contributed by atoms with Crippen LogP contribution in [0.4, 0.5) is 0 Å². The number of thioether (sulfide) groups is 1. The number of amides is 1. The van der Waals surface area contributed by atoms with E-state index in [2.05, 4.69) is 24.3 Å². The monoisotopic (exact) mass is 405 g/mol. The van der Waals surface area contributed by atoms with Crippen LogP contribution < -0.4 is 0 Å². The molecule has 0 spiro atoms. The zero-order chi connectivity index (χ0) is 20.2. The van der Waals surface area contributed by atoms with Gasteiger partial charge in [-0.05, 0) is 47.4 Å². The Balaban J connectivity index is 1.30. The third-order valence-corrected chi connectivity index (χ3v) is 6.14. The molecule has 0 saturated carbocycles. The summed E-state index contributed by atoms with van der Waals surface area (Å²) in [5.74, 6) is -0.330. The first-order valence-electron chi connectivity index (χ1n) is 9.77. The van der Waals surface area contributed by atoms with Crippen LogP contribution in [0.5, 0.6) is 0 Å². The summed E-state index contributed by atoms with van der Waals surface area (Å²) >= 11 is 1.42. The van der Waals surface area contributed by atoms with Crippen molar-refractivity contribution in [1.82, 2.24) is 4.90 Å². The molecular formula is C24H23NO3S. The molecule has 3 aromatic carbocycles. The number of carbonyl (C=O) groups excluding carboxylic acids is 2. The van der Waals surface area contributed by atoms with Gasteiger partial charge < -0.3 is 9.64 Å². The number of esters is 1. The lowest BCUT2D eigenvalue weighted by Gasteiger charge is -2.30. The van der Waals surface area contributed by atoms with E-state index in [9.17, 15) is 9.59 Å². The Morgan fingerprint density at radius 3 is 2.55 bits per heavy atom. The summed E-state index contributed by atoms with van der Waals surface area (Å²) in [4.78, 5) is 27.7. The number of carbonyl (C=O) groups is 2. The van der Waals surface area contributed by atoms with E-state index >= 15 is 0 Å². The highest BCUT2D eigenvalue weighted by Crippen LogP contribution is 2.24. The molecule has 0 aliphatic carbocycles. The van der Waals surface area contributed by atoms with Crippen molar-refractivity contribution in [1.29, 1.82) is 0 Å². The first kappa shape index (κ1) is 19.5. The van der Waals surface area contributed by atoms with Crippen LogP contribution >= 0.6 is 11.8 Å². The number of rotatable bonds is 5. The molecule has 0 bridgehead atoms. The number of fused-ring (bicyclic) bond motifs is 2. The number of benzene rings is 3. The maximum absolute atomic E-state index is 12.7. The molecule has 1 amide bonds. The molecule has 0 radical (unpaired) electrons. The second-order valence-electron chi connectivity index (χ2n) is 7.21. The summed E-state index contributed by atoms with van der Waals surface area (Å²) < 4.78 is 5.41. The van der Waals surface area contributed by atoms with Gasteiger partial charge in [-0.15, -0.1) is 11.8 Å². The molecule has 0 saturated heterocycles. The predicted octanol–water partition coefficient (Wildman–Crippen LogP) is 4.45. The van der Waals surface area contributed by atoms with Crippen molar-refractivity contribution in [3.8, 4) is 0 Å². The Morgan fingerprint density at radius 1 is 1.00 bits per heavy atom. The Labute approximate surface area is 174 Å². The summed E-state index contributed by atoms with van der Waals surface area (Å²) in [6, 6.07) is 22.4. The van der Waals surface area contributed by atoms with Crippen LogP contribution in [0.25, 0.3) is 10.8 Å². The molecule has 0 unspecified atom stereocenters. The fourth-order valence-corrected chi connectivity index (χ4v) is 4.35. The molecule has 29 heavy (non-hydrogen) atoms. The van der Waals surface area contributed by atoms with E-state index in [0.29, 0.717) is 13.1 Å². The van der Waals surface area contributed by atoms with Gasteiger partial charge in [-0.3, -0.25) is 9.59 Å². The third kappa shape index (κ3) is 4.62. The molecule has 4 rings (SSSR count). The van der Waals surface area contributed by atoms with Crippen LogP contribution in [0.15, 0.2) is 71.6 Å². The maximum atomic E-state index is 12.7. The van der Waals surface area contributed by atoms with Gasteiger partial charge in [0.15, 0.2) is 6.10 Å². The van der Waals surface area contributed by atoms with Crippen molar-refractivity contribution in [2.24, 2.45) is 0 Å². The van der Waals surface area contributed by atoms with E-state index in [1.807, 2.05) is 42.5 Å². The average Bonchev–Trinajstić information content (AvgIpc) is 2.76. The van der Waals surface area contributed by atoms with Crippen LogP contribution in [-0.4, -0.2) is 35.2 Å². The van der Waals surface area contributed by atoms with Gasteiger partial charge in [-0.25, -0.2) is 0 Å². The summed E-state index contributed by atoms with van der Waals surface area (Å²) in [6.07, 6.45) is 0.0605. The molecule has 1 aliphatic rings. The number of hydrogen-bond acceptors (Lipinski definition) is 4. The molecule has 1 aliphatic heterocycles. The fourth-order valence-electron chi connectivity index (χ4n) is 3.62. The molecule has 1 atom stereocenters. The lowest BCUT2D eigenvalue weighted by atomic mass is 9.99. The van der Waals surface area contributed by atoms with Gasteiger partial charge in [0.1, 0.15) is 0 Å². The topological polar surface area (TPSA) is 46.6 Å². The smallest absolute Gasteiger partial charge is 0.317 e. The zero-order valence-electron chi connectivity index (χ0n) is 16.3. The second-order valence-corrected chi connectivity index (χ2v) is 8.26. The minimum Gasteiger partial charge on any atom is -0.452 e.